The summed E-state index contributed by atoms with van der Waals surface area (Å²) in [5.74, 6) is 1.59. The number of fused-ring (bicyclic) bond motifs is 6. The van der Waals surface area contributed by atoms with Crippen molar-refractivity contribution in [2.45, 2.75) is 62.6 Å². The van der Waals surface area contributed by atoms with E-state index in [1.165, 1.54) is 30.7 Å². The third-order valence-electron chi connectivity index (χ3n) is 10.2. The zero-order valence-electron chi connectivity index (χ0n) is 24.5. The molecule has 0 saturated carbocycles. The summed E-state index contributed by atoms with van der Waals surface area (Å²) in [6, 6.07) is 6.28. The van der Waals surface area contributed by atoms with Crippen molar-refractivity contribution in [1.29, 1.82) is 0 Å². The number of aromatic nitrogens is 3. The number of hydrogen-bond acceptors (Lipinski definition) is 8. The van der Waals surface area contributed by atoms with Crippen LogP contribution in [0.25, 0.3) is 32.9 Å². The van der Waals surface area contributed by atoms with Crippen LogP contribution in [-0.4, -0.2) is 75.4 Å². The summed E-state index contributed by atoms with van der Waals surface area (Å²) in [7, 11) is 0. The van der Waals surface area contributed by atoms with E-state index in [2.05, 4.69) is 31.0 Å². The number of ether oxygens (including phenoxy) is 1. The van der Waals surface area contributed by atoms with Gasteiger partial charge in [0, 0.05) is 42.3 Å². The fourth-order valence-electron chi connectivity index (χ4n) is 8.03. The van der Waals surface area contributed by atoms with Crippen LogP contribution < -0.4 is 15.0 Å². The predicted octanol–water partition coefficient (Wildman–Crippen LogP) is 5.15. The Hall–Kier alpha value is -4.07. The van der Waals surface area contributed by atoms with E-state index >= 15 is 4.39 Å². The average Bonchev–Trinajstić information content (AvgIpc) is 3.48. The Morgan fingerprint density at radius 2 is 1.98 bits per heavy atom. The number of anilines is 1. The smallest absolute Gasteiger partial charge is 0.319 e. The Labute approximate surface area is 254 Å². The number of nitrogens with one attached hydrogen (secondary N) is 1. The normalized spacial score (nSPS) is 25.0. The lowest BCUT2D eigenvalue weighted by molar-refractivity contribution is 0.0388. The largest absolute Gasteiger partial charge is 0.508 e. The van der Waals surface area contributed by atoms with Gasteiger partial charge in [0.25, 0.3) is 0 Å². The third-order valence-corrected chi connectivity index (χ3v) is 10.2. The molecule has 5 saturated heterocycles. The highest BCUT2D eigenvalue weighted by Crippen LogP contribution is 2.41. The van der Waals surface area contributed by atoms with Crippen LogP contribution in [0.2, 0.25) is 0 Å². The molecule has 0 aliphatic carbocycles. The Morgan fingerprint density at radius 3 is 2.77 bits per heavy atom. The first-order chi connectivity index (χ1) is 21.4. The van der Waals surface area contributed by atoms with Crippen molar-refractivity contribution in [2.24, 2.45) is 0 Å². The molecule has 5 aliphatic heterocycles. The summed E-state index contributed by atoms with van der Waals surface area (Å²) in [4.78, 5) is 18.9. The molecule has 5 aliphatic rings. The van der Waals surface area contributed by atoms with Gasteiger partial charge in [-0.2, -0.15) is 9.97 Å². The van der Waals surface area contributed by atoms with Crippen molar-refractivity contribution in [3.63, 3.8) is 0 Å². The Kier molecular flexibility index (Phi) is 6.58. The molecule has 8 nitrogen and oxygen atoms in total. The zero-order valence-corrected chi connectivity index (χ0v) is 24.5. The Morgan fingerprint density at radius 1 is 1.11 bits per heavy atom. The number of piperazine rings is 1. The summed E-state index contributed by atoms with van der Waals surface area (Å²) in [6.07, 6.45) is 15.0. The Bertz CT molecular complexity index is 1840. The molecule has 3 unspecified atom stereocenters. The molecular formula is C34H34F2N6O2. The van der Waals surface area contributed by atoms with Gasteiger partial charge in [-0.25, -0.2) is 8.78 Å². The number of benzene rings is 2. The van der Waals surface area contributed by atoms with Crippen LogP contribution >= 0.6 is 0 Å². The van der Waals surface area contributed by atoms with Crippen LogP contribution in [0.4, 0.5) is 14.6 Å². The second-order valence-electron chi connectivity index (χ2n) is 12.7. The van der Waals surface area contributed by atoms with Gasteiger partial charge in [-0.05, 0) is 75.2 Å². The maximum absolute atomic E-state index is 16.8. The van der Waals surface area contributed by atoms with E-state index in [1.54, 1.807) is 6.20 Å². The fraction of sp³-hybridized carbons (Fsp3) is 0.441. The number of aromatic hydroxyl groups is 1. The van der Waals surface area contributed by atoms with Gasteiger partial charge in [-0.3, -0.25) is 9.88 Å². The number of halogens is 2. The predicted molar refractivity (Wildman–Crippen MR) is 165 cm³/mol. The zero-order chi connectivity index (χ0) is 30.0. The minimum atomic E-state index is -0.700. The molecule has 9 rings (SSSR count). The van der Waals surface area contributed by atoms with Crippen molar-refractivity contribution in [3.8, 4) is 35.4 Å². The van der Waals surface area contributed by atoms with Crippen LogP contribution in [-0.2, 0) is 0 Å². The summed E-state index contributed by atoms with van der Waals surface area (Å²) in [5, 5.41) is 15.4. The quantitative estimate of drug-likeness (QED) is 0.306. The van der Waals surface area contributed by atoms with Gasteiger partial charge in [0.1, 0.15) is 35.2 Å². The third kappa shape index (κ3) is 4.36. The highest BCUT2D eigenvalue weighted by molar-refractivity contribution is 6.03. The van der Waals surface area contributed by atoms with Crippen molar-refractivity contribution in [3.05, 3.63) is 47.7 Å². The van der Waals surface area contributed by atoms with Crippen LogP contribution in [0, 0.1) is 24.0 Å². The lowest BCUT2D eigenvalue weighted by atomic mass is 9.87. The maximum atomic E-state index is 16.8. The minimum Gasteiger partial charge on any atom is -0.508 e. The second kappa shape index (κ2) is 10.5. The second-order valence-corrected chi connectivity index (χ2v) is 12.7. The molecule has 2 aromatic carbocycles. The number of pyridine rings is 1. The molecule has 0 amide bonds. The van der Waals surface area contributed by atoms with E-state index in [4.69, 9.17) is 16.1 Å². The molecular weight excluding hydrogens is 562 g/mol. The molecule has 0 radical (unpaired) electrons. The molecule has 0 spiro atoms. The van der Waals surface area contributed by atoms with Crippen molar-refractivity contribution >= 4 is 27.5 Å². The molecule has 2 bridgehead atoms. The number of piperidine rings is 3. The lowest BCUT2D eigenvalue weighted by Gasteiger charge is -2.46. The van der Waals surface area contributed by atoms with Crippen LogP contribution in [0.5, 0.6) is 11.8 Å². The molecule has 3 atom stereocenters. The van der Waals surface area contributed by atoms with Gasteiger partial charge in [-0.15, -0.1) is 6.42 Å². The van der Waals surface area contributed by atoms with E-state index in [9.17, 15) is 9.50 Å². The topological polar surface area (TPSA) is 86.6 Å². The molecule has 2 N–H and O–H groups in total. The van der Waals surface area contributed by atoms with E-state index < -0.39 is 11.6 Å². The van der Waals surface area contributed by atoms with Gasteiger partial charge in [-0.1, -0.05) is 18.4 Å². The highest BCUT2D eigenvalue weighted by Gasteiger charge is 2.43. The number of phenolic OH excluding ortho intramolecular Hbond substituents is 1. The molecule has 226 valence electrons. The van der Waals surface area contributed by atoms with E-state index in [0.29, 0.717) is 34.6 Å². The number of nitrogens with zero attached hydrogens (tertiary/aromatic N) is 5. The molecule has 4 aromatic rings. The van der Waals surface area contributed by atoms with Gasteiger partial charge in [0.2, 0.25) is 0 Å². The lowest BCUT2D eigenvalue weighted by Crippen LogP contribution is -2.61. The van der Waals surface area contributed by atoms with E-state index in [0.717, 1.165) is 64.7 Å². The number of hydrogen-bond donors (Lipinski definition) is 2. The summed E-state index contributed by atoms with van der Waals surface area (Å²) >= 11 is 0. The van der Waals surface area contributed by atoms with E-state index in [-0.39, 0.29) is 45.7 Å². The highest BCUT2D eigenvalue weighted by atomic mass is 19.1. The van der Waals surface area contributed by atoms with E-state index in [1.807, 2.05) is 0 Å². The number of terminal acetylenes is 1. The SMILES string of the molecule is C#Cc1c(F)ccc2cc(O)cc(-c3ncc4c(N5CC6CCC5CN6)nc(OCC56CCCCN5CCC6)nc4c3F)c12. The van der Waals surface area contributed by atoms with Gasteiger partial charge < -0.3 is 20.1 Å². The first-order valence-electron chi connectivity index (χ1n) is 15.6. The van der Waals surface area contributed by atoms with Gasteiger partial charge in [0.15, 0.2) is 5.82 Å². The van der Waals surface area contributed by atoms with Gasteiger partial charge >= 0.3 is 6.01 Å². The monoisotopic (exact) mass is 596 g/mol. The van der Waals surface area contributed by atoms with Gasteiger partial charge in [0.05, 0.1) is 16.5 Å². The Balaban J connectivity index is 1.28. The molecule has 10 heteroatoms. The van der Waals surface area contributed by atoms with Crippen LogP contribution in [0.3, 0.4) is 0 Å². The number of phenols is 1. The average molecular weight is 597 g/mol. The van der Waals surface area contributed by atoms with Crippen LogP contribution in [0.15, 0.2) is 30.5 Å². The summed E-state index contributed by atoms with van der Waals surface area (Å²) in [5.41, 5.74) is 0.132. The summed E-state index contributed by atoms with van der Waals surface area (Å²) in [6.45, 7) is 4.16. The van der Waals surface area contributed by atoms with Crippen LogP contribution in [0.1, 0.15) is 50.5 Å². The molecule has 7 heterocycles. The molecule has 2 aromatic heterocycles. The fourth-order valence-corrected chi connectivity index (χ4v) is 8.03. The maximum Gasteiger partial charge on any atom is 0.319 e. The number of rotatable bonds is 5. The van der Waals surface area contributed by atoms with Crippen molar-refractivity contribution in [2.75, 3.05) is 37.7 Å². The van der Waals surface area contributed by atoms with Crippen molar-refractivity contribution in [1.82, 2.24) is 25.2 Å². The summed E-state index contributed by atoms with van der Waals surface area (Å²) < 4.78 is 38.0. The first kappa shape index (κ1) is 27.5. The first-order valence-corrected chi connectivity index (χ1v) is 15.6. The van der Waals surface area contributed by atoms with Crippen molar-refractivity contribution < 1.29 is 18.6 Å². The molecule has 5 fully saturated rings. The standard InChI is InChI=1S/C34H34F2N6O2/c1-2-24-27(35)9-6-20-14-23(43)15-25(28(20)24)30-29(36)31-26(17-38-30)32(42-18-21-7-8-22(42)16-37-21)40-33(39-31)44-19-34-10-3-4-12-41(34)13-5-11-34/h1,6,9,14-15,17,21-22,37,43H,3-5,7-8,10-13,16,18-19H2. The minimum absolute atomic E-state index is 0.0177. The molecule has 44 heavy (non-hydrogen) atoms.